The highest BCUT2D eigenvalue weighted by molar-refractivity contribution is 5.77. The minimum Gasteiger partial charge on any atom is -0.384 e. The number of benzene rings is 1. The molecule has 35 heavy (non-hydrogen) atoms. The Bertz CT molecular complexity index is 1380. The molecule has 0 aliphatic carbocycles. The third-order valence-corrected chi connectivity index (χ3v) is 5.75. The van der Waals surface area contributed by atoms with Crippen LogP contribution in [-0.4, -0.2) is 55.0 Å². The normalized spacial score (nSPS) is 12.1. The van der Waals surface area contributed by atoms with Crippen molar-refractivity contribution in [2.45, 2.75) is 45.8 Å². The highest BCUT2D eigenvalue weighted by Crippen LogP contribution is 2.23. The molecule has 0 atom stereocenters. The maximum absolute atomic E-state index is 13.2. The fraction of sp³-hybridized carbons (Fsp3) is 0.385. The number of nitrogens with one attached hydrogen (secondary N) is 1. The molecule has 0 radical (unpaired) electrons. The fourth-order valence-corrected chi connectivity index (χ4v) is 3.86. The van der Waals surface area contributed by atoms with Crippen molar-refractivity contribution in [2.24, 2.45) is 0 Å². The topological polar surface area (TPSA) is 101 Å². The second-order valence-corrected chi connectivity index (χ2v) is 9.80. The Hall–Kier alpha value is -3.56. The molecule has 0 spiro atoms. The van der Waals surface area contributed by atoms with Crippen molar-refractivity contribution in [2.75, 3.05) is 26.0 Å². The Morgan fingerprint density at radius 1 is 1.09 bits per heavy atom. The molecule has 0 amide bonds. The number of aliphatic hydroxyl groups is 1. The van der Waals surface area contributed by atoms with Crippen molar-refractivity contribution in [3.05, 3.63) is 70.3 Å². The molecule has 184 valence electrons. The molecule has 3 aromatic heterocycles. The van der Waals surface area contributed by atoms with Gasteiger partial charge in [0.25, 0.3) is 5.56 Å². The van der Waals surface area contributed by atoms with E-state index in [1.165, 1.54) is 5.56 Å². The summed E-state index contributed by atoms with van der Waals surface area (Å²) in [6, 6.07) is 13.4. The minimum absolute atomic E-state index is 0.143. The molecule has 0 fully saturated rings. The third kappa shape index (κ3) is 5.26. The van der Waals surface area contributed by atoms with E-state index in [9.17, 15) is 9.90 Å². The predicted octanol–water partition coefficient (Wildman–Crippen LogP) is 3.63. The van der Waals surface area contributed by atoms with Gasteiger partial charge in [-0.05, 0) is 78.0 Å². The van der Waals surface area contributed by atoms with Gasteiger partial charge in [-0.2, -0.15) is 4.98 Å². The van der Waals surface area contributed by atoms with Gasteiger partial charge in [0, 0.05) is 24.5 Å². The van der Waals surface area contributed by atoms with Gasteiger partial charge in [0.05, 0.1) is 5.69 Å². The maximum atomic E-state index is 13.2. The number of fused-ring (bicyclic) bond motifs is 1. The van der Waals surface area contributed by atoms with E-state index in [-0.39, 0.29) is 11.6 Å². The number of hydrogen-bond donors (Lipinski definition) is 2. The van der Waals surface area contributed by atoms with E-state index in [1.807, 2.05) is 32.0 Å². The molecule has 0 bridgehead atoms. The van der Waals surface area contributed by atoms with E-state index in [2.05, 4.69) is 46.4 Å². The Labute approximate surface area is 205 Å². The molecule has 0 saturated carbocycles. The summed E-state index contributed by atoms with van der Waals surface area (Å²) in [6.07, 6.45) is 2.52. The van der Waals surface area contributed by atoms with Gasteiger partial charge in [-0.15, -0.1) is 0 Å². The van der Waals surface area contributed by atoms with Gasteiger partial charge in [0.1, 0.15) is 11.0 Å². The Balaban J connectivity index is 1.75. The van der Waals surface area contributed by atoms with E-state index in [4.69, 9.17) is 4.98 Å². The van der Waals surface area contributed by atoms with Crippen molar-refractivity contribution in [1.82, 2.24) is 29.2 Å². The van der Waals surface area contributed by atoms with Crippen LogP contribution < -0.4 is 10.9 Å². The monoisotopic (exact) mass is 475 g/mol. The van der Waals surface area contributed by atoms with Gasteiger partial charge in [0.15, 0.2) is 11.5 Å². The first-order valence-corrected chi connectivity index (χ1v) is 11.8. The van der Waals surface area contributed by atoms with Crippen LogP contribution in [0, 0.1) is 0 Å². The predicted molar refractivity (Wildman–Crippen MR) is 139 cm³/mol. The second-order valence-electron chi connectivity index (χ2n) is 9.80. The number of hydrogen-bond acceptors (Lipinski definition) is 7. The van der Waals surface area contributed by atoms with Crippen LogP contribution in [0.4, 0.5) is 11.6 Å². The zero-order valence-electron chi connectivity index (χ0n) is 21.1. The first kappa shape index (κ1) is 24.6. The van der Waals surface area contributed by atoms with Crippen LogP contribution >= 0.6 is 0 Å². The third-order valence-electron chi connectivity index (χ3n) is 5.75. The highest BCUT2D eigenvalue weighted by Gasteiger charge is 2.23. The summed E-state index contributed by atoms with van der Waals surface area (Å²) in [5.74, 6) is 0.882. The average Bonchev–Trinajstić information content (AvgIpc) is 3.10. The molecule has 1 aromatic carbocycles. The molecule has 4 rings (SSSR count). The average molecular weight is 476 g/mol. The molecule has 2 N–H and O–H groups in total. The van der Waals surface area contributed by atoms with E-state index in [0.717, 1.165) is 18.7 Å². The van der Waals surface area contributed by atoms with Gasteiger partial charge in [0.2, 0.25) is 5.95 Å². The number of anilines is 2. The molecular weight excluding hydrogens is 442 g/mol. The molecule has 0 aliphatic heterocycles. The van der Waals surface area contributed by atoms with Crippen molar-refractivity contribution in [3.8, 4) is 5.82 Å². The lowest BCUT2D eigenvalue weighted by molar-refractivity contribution is 0.0738. The summed E-state index contributed by atoms with van der Waals surface area (Å²) in [7, 11) is 4.12. The van der Waals surface area contributed by atoms with Crippen LogP contribution in [0.1, 0.15) is 45.0 Å². The summed E-state index contributed by atoms with van der Waals surface area (Å²) < 4.78 is 3.31. The molecule has 4 aromatic rings. The van der Waals surface area contributed by atoms with Crippen LogP contribution in [0.25, 0.3) is 16.9 Å². The zero-order valence-corrected chi connectivity index (χ0v) is 21.1. The first-order valence-electron chi connectivity index (χ1n) is 11.8. The summed E-state index contributed by atoms with van der Waals surface area (Å²) >= 11 is 0. The van der Waals surface area contributed by atoms with Crippen molar-refractivity contribution >= 4 is 22.7 Å². The molecule has 0 unspecified atom stereocenters. The van der Waals surface area contributed by atoms with Crippen LogP contribution in [0.2, 0.25) is 0 Å². The number of rotatable bonds is 8. The highest BCUT2D eigenvalue weighted by atomic mass is 16.3. The number of nitrogens with zero attached hydrogens (tertiary/aromatic N) is 6. The van der Waals surface area contributed by atoms with Crippen LogP contribution in [-0.2, 0) is 12.0 Å². The summed E-state index contributed by atoms with van der Waals surface area (Å²) in [5.41, 5.74) is 1.74. The van der Waals surface area contributed by atoms with E-state index < -0.39 is 5.60 Å². The van der Waals surface area contributed by atoms with Gasteiger partial charge in [-0.3, -0.25) is 4.79 Å². The van der Waals surface area contributed by atoms with Crippen molar-refractivity contribution in [3.63, 3.8) is 0 Å². The zero-order chi connectivity index (χ0) is 25.3. The minimum atomic E-state index is -1.12. The quantitative estimate of drug-likeness (QED) is 0.401. The van der Waals surface area contributed by atoms with Crippen LogP contribution in [0.5, 0.6) is 0 Å². The lowest BCUT2D eigenvalue weighted by Crippen LogP contribution is -2.25. The molecule has 9 nitrogen and oxygen atoms in total. The Kier molecular flexibility index (Phi) is 6.73. The van der Waals surface area contributed by atoms with E-state index in [1.54, 1.807) is 41.5 Å². The van der Waals surface area contributed by atoms with Crippen LogP contribution in [0.15, 0.2) is 53.5 Å². The Morgan fingerprint density at radius 2 is 1.80 bits per heavy atom. The summed E-state index contributed by atoms with van der Waals surface area (Å²) in [5, 5.41) is 14.1. The van der Waals surface area contributed by atoms with Gasteiger partial charge < -0.3 is 15.3 Å². The van der Waals surface area contributed by atoms with Gasteiger partial charge >= 0.3 is 0 Å². The lowest BCUT2D eigenvalue weighted by atomic mass is 10.1. The molecule has 0 aliphatic rings. The standard InChI is InChI=1S/C26H33N7O2/c1-17(2)32-24(34)20-16-27-25(28-19-12-10-18(11-13-19)14-15-31(5)6)30-23(20)33(32)22-9-7-8-21(29-22)26(3,4)35/h7-13,16-17,35H,14-15H2,1-6H3,(H,27,28,30). The maximum Gasteiger partial charge on any atom is 0.278 e. The van der Waals surface area contributed by atoms with E-state index >= 15 is 0 Å². The number of pyridine rings is 1. The number of likely N-dealkylation sites (N-methyl/N-ethyl adjacent to an activating group) is 1. The van der Waals surface area contributed by atoms with Gasteiger partial charge in [-0.1, -0.05) is 18.2 Å². The van der Waals surface area contributed by atoms with Crippen LogP contribution in [0.3, 0.4) is 0 Å². The molecule has 3 heterocycles. The second kappa shape index (κ2) is 9.59. The first-order chi connectivity index (χ1) is 16.5. The smallest absolute Gasteiger partial charge is 0.278 e. The molecule has 0 saturated heterocycles. The van der Waals surface area contributed by atoms with Gasteiger partial charge in [-0.25, -0.2) is 19.3 Å². The largest absolute Gasteiger partial charge is 0.384 e. The number of aromatic nitrogens is 5. The molecule has 9 heteroatoms. The van der Waals surface area contributed by atoms with E-state index in [0.29, 0.717) is 28.5 Å². The van der Waals surface area contributed by atoms with Crippen molar-refractivity contribution < 1.29 is 5.11 Å². The SMILES string of the molecule is CC(C)n1c(=O)c2cnc(Nc3ccc(CCN(C)C)cc3)nc2n1-c1cccc(C(C)(C)O)n1. The summed E-state index contributed by atoms with van der Waals surface area (Å²) in [4.78, 5) is 29.1. The fourth-order valence-electron chi connectivity index (χ4n) is 3.86. The lowest BCUT2D eigenvalue weighted by Gasteiger charge is -2.19. The Morgan fingerprint density at radius 3 is 2.43 bits per heavy atom. The van der Waals surface area contributed by atoms with Crippen molar-refractivity contribution in [1.29, 1.82) is 0 Å². The summed E-state index contributed by atoms with van der Waals surface area (Å²) in [6.45, 7) is 8.21. The molecular formula is C26H33N7O2.